The summed E-state index contributed by atoms with van der Waals surface area (Å²) in [4.78, 5) is 17.2. The fraction of sp³-hybridized carbons (Fsp3) is 0.263. The van der Waals surface area contributed by atoms with Crippen LogP contribution in [0.5, 0.6) is 0 Å². The number of amides is 1. The number of benzene rings is 2. The molecule has 7 heteroatoms. The Morgan fingerprint density at radius 2 is 1.81 bits per heavy atom. The Morgan fingerprint density at radius 3 is 2.50 bits per heavy atom. The summed E-state index contributed by atoms with van der Waals surface area (Å²) < 4.78 is 27.5. The molecular weight excluding hydrogens is 368 g/mol. The van der Waals surface area contributed by atoms with E-state index in [2.05, 4.69) is 4.99 Å². The molecule has 3 aromatic rings. The standard InChI is InChI=1S/C19H20N2O3S2/c1-13-9-10-16-18(14(13)2)21(3)19(25-16)20-17(22)11-12-26(23,24)15-7-5-4-6-8-15/h4-10H,11-12H2,1-3H3. The first-order valence-electron chi connectivity index (χ1n) is 8.21. The average Bonchev–Trinajstić information content (AvgIpc) is 2.94. The normalized spacial score (nSPS) is 12.7. The smallest absolute Gasteiger partial charge is 0.249 e. The molecule has 1 amide bonds. The largest absolute Gasteiger partial charge is 0.319 e. The van der Waals surface area contributed by atoms with E-state index in [1.807, 2.05) is 37.6 Å². The number of sulfone groups is 1. The molecule has 26 heavy (non-hydrogen) atoms. The van der Waals surface area contributed by atoms with Crippen LogP contribution in [0.2, 0.25) is 0 Å². The fourth-order valence-corrected chi connectivity index (χ4v) is 5.11. The SMILES string of the molecule is Cc1ccc2sc(=NC(=O)CCS(=O)(=O)c3ccccc3)n(C)c2c1C. The third-order valence-corrected chi connectivity index (χ3v) is 7.22. The van der Waals surface area contributed by atoms with Crippen LogP contribution in [0.1, 0.15) is 17.5 Å². The van der Waals surface area contributed by atoms with Gasteiger partial charge < -0.3 is 4.57 Å². The van der Waals surface area contributed by atoms with Crippen LogP contribution in [0.15, 0.2) is 52.4 Å². The summed E-state index contributed by atoms with van der Waals surface area (Å²) >= 11 is 1.43. The number of hydrogen-bond acceptors (Lipinski definition) is 4. The van der Waals surface area contributed by atoms with Gasteiger partial charge in [0.2, 0.25) is 5.91 Å². The molecule has 3 rings (SSSR count). The average molecular weight is 389 g/mol. The highest BCUT2D eigenvalue weighted by atomic mass is 32.2. The lowest BCUT2D eigenvalue weighted by molar-refractivity contribution is -0.117. The van der Waals surface area contributed by atoms with Crippen LogP contribution >= 0.6 is 11.3 Å². The van der Waals surface area contributed by atoms with Gasteiger partial charge in [0.15, 0.2) is 14.6 Å². The molecule has 0 radical (unpaired) electrons. The molecule has 1 aromatic heterocycles. The maximum absolute atomic E-state index is 12.3. The minimum absolute atomic E-state index is 0.135. The number of rotatable bonds is 4. The van der Waals surface area contributed by atoms with Gasteiger partial charge in [-0.05, 0) is 43.2 Å². The molecule has 0 unspecified atom stereocenters. The Hall–Kier alpha value is -2.25. The van der Waals surface area contributed by atoms with Gasteiger partial charge in [0.25, 0.3) is 0 Å². The van der Waals surface area contributed by atoms with Crippen molar-refractivity contribution in [2.45, 2.75) is 25.2 Å². The highest BCUT2D eigenvalue weighted by Gasteiger charge is 2.16. The monoisotopic (exact) mass is 388 g/mol. The molecule has 0 bridgehead atoms. The molecular formula is C19H20N2O3S2. The number of nitrogens with zero attached hydrogens (tertiary/aromatic N) is 2. The maximum Gasteiger partial charge on any atom is 0.249 e. The van der Waals surface area contributed by atoms with Gasteiger partial charge >= 0.3 is 0 Å². The van der Waals surface area contributed by atoms with Gasteiger partial charge in [-0.3, -0.25) is 4.79 Å². The van der Waals surface area contributed by atoms with Crippen molar-refractivity contribution in [3.63, 3.8) is 0 Å². The summed E-state index contributed by atoms with van der Waals surface area (Å²) in [5.41, 5.74) is 3.39. The lowest BCUT2D eigenvalue weighted by atomic mass is 10.1. The zero-order valence-electron chi connectivity index (χ0n) is 14.9. The van der Waals surface area contributed by atoms with E-state index in [0.29, 0.717) is 4.80 Å². The second-order valence-electron chi connectivity index (χ2n) is 6.19. The highest BCUT2D eigenvalue weighted by molar-refractivity contribution is 7.91. The molecule has 5 nitrogen and oxygen atoms in total. The number of thiazole rings is 1. The molecule has 0 fully saturated rings. The number of carbonyl (C=O) groups excluding carboxylic acids is 1. The van der Waals surface area contributed by atoms with Gasteiger partial charge in [-0.15, -0.1) is 0 Å². The minimum Gasteiger partial charge on any atom is -0.319 e. The third kappa shape index (κ3) is 3.64. The summed E-state index contributed by atoms with van der Waals surface area (Å²) in [6.07, 6.45) is -0.135. The van der Waals surface area contributed by atoms with Gasteiger partial charge in [0, 0.05) is 13.5 Å². The van der Waals surface area contributed by atoms with Crippen LogP contribution < -0.4 is 4.80 Å². The third-order valence-electron chi connectivity index (χ3n) is 4.40. The fourth-order valence-electron chi connectivity index (χ4n) is 2.77. The van der Waals surface area contributed by atoms with Crippen molar-refractivity contribution in [3.05, 3.63) is 58.4 Å². The van der Waals surface area contributed by atoms with Gasteiger partial charge in [0.1, 0.15) is 0 Å². The van der Waals surface area contributed by atoms with E-state index in [1.165, 1.54) is 29.0 Å². The van der Waals surface area contributed by atoms with Crippen molar-refractivity contribution >= 4 is 37.3 Å². The van der Waals surface area contributed by atoms with E-state index in [9.17, 15) is 13.2 Å². The summed E-state index contributed by atoms with van der Waals surface area (Å²) in [6.45, 7) is 4.09. The van der Waals surface area contributed by atoms with E-state index < -0.39 is 15.7 Å². The first-order valence-corrected chi connectivity index (χ1v) is 10.7. The predicted octanol–water partition coefficient (Wildman–Crippen LogP) is 3.15. The second kappa shape index (κ2) is 7.17. The van der Waals surface area contributed by atoms with Crippen LogP contribution in [-0.4, -0.2) is 24.6 Å². The van der Waals surface area contributed by atoms with Gasteiger partial charge in [-0.1, -0.05) is 35.6 Å². The highest BCUT2D eigenvalue weighted by Crippen LogP contribution is 2.23. The van der Waals surface area contributed by atoms with Crippen molar-refractivity contribution in [1.82, 2.24) is 4.57 Å². The van der Waals surface area contributed by atoms with Crippen molar-refractivity contribution in [3.8, 4) is 0 Å². The van der Waals surface area contributed by atoms with E-state index in [0.717, 1.165) is 15.8 Å². The Labute approximate surface area is 156 Å². The number of hydrogen-bond donors (Lipinski definition) is 0. The Morgan fingerprint density at radius 1 is 1.12 bits per heavy atom. The number of carbonyl (C=O) groups is 1. The van der Waals surface area contributed by atoms with Gasteiger partial charge in [-0.2, -0.15) is 4.99 Å². The van der Waals surface area contributed by atoms with Crippen molar-refractivity contribution < 1.29 is 13.2 Å². The molecule has 0 saturated heterocycles. The van der Waals surface area contributed by atoms with E-state index in [-0.39, 0.29) is 17.1 Å². The molecule has 136 valence electrons. The van der Waals surface area contributed by atoms with Crippen LogP contribution in [0.3, 0.4) is 0 Å². The van der Waals surface area contributed by atoms with Gasteiger partial charge in [-0.25, -0.2) is 8.42 Å². The lowest BCUT2D eigenvalue weighted by Crippen LogP contribution is -2.16. The van der Waals surface area contributed by atoms with Crippen LogP contribution in [0.25, 0.3) is 10.2 Å². The van der Waals surface area contributed by atoms with E-state index >= 15 is 0 Å². The quantitative estimate of drug-likeness (QED) is 0.689. The zero-order valence-corrected chi connectivity index (χ0v) is 16.5. The summed E-state index contributed by atoms with van der Waals surface area (Å²) in [5, 5.41) is 0. The summed E-state index contributed by atoms with van der Waals surface area (Å²) in [6, 6.07) is 12.2. The molecule has 0 atom stereocenters. The van der Waals surface area contributed by atoms with Gasteiger partial charge in [0.05, 0.1) is 20.9 Å². The second-order valence-corrected chi connectivity index (χ2v) is 9.30. The Balaban J connectivity index is 1.85. The van der Waals surface area contributed by atoms with Crippen LogP contribution in [0, 0.1) is 13.8 Å². The molecule has 0 aliphatic rings. The lowest BCUT2D eigenvalue weighted by Gasteiger charge is -2.03. The first-order chi connectivity index (χ1) is 12.3. The maximum atomic E-state index is 12.3. The van der Waals surface area contributed by atoms with E-state index in [4.69, 9.17) is 0 Å². The van der Waals surface area contributed by atoms with Crippen molar-refractivity contribution in [1.29, 1.82) is 0 Å². The van der Waals surface area contributed by atoms with Crippen molar-refractivity contribution in [2.24, 2.45) is 12.0 Å². The number of aryl methyl sites for hydroxylation is 3. The number of aromatic nitrogens is 1. The number of fused-ring (bicyclic) bond motifs is 1. The molecule has 0 saturated carbocycles. The molecule has 2 aromatic carbocycles. The molecule has 1 heterocycles. The molecule has 0 aliphatic carbocycles. The molecule has 0 N–H and O–H groups in total. The molecule has 0 aliphatic heterocycles. The first kappa shape index (κ1) is 18.5. The Kier molecular flexibility index (Phi) is 5.11. The Bertz CT molecular complexity index is 1140. The van der Waals surface area contributed by atoms with Crippen LogP contribution in [-0.2, 0) is 21.7 Å². The van der Waals surface area contributed by atoms with Crippen molar-refractivity contribution in [2.75, 3.05) is 5.75 Å². The zero-order chi connectivity index (χ0) is 18.9. The summed E-state index contributed by atoms with van der Waals surface area (Å²) in [7, 11) is -1.61. The molecule has 0 spiro atoms. The predicted molar refractivity (Wildman–Crippen MR) is 104 cm³/mol. The van der Waals surface area contributed by atoms with Crippen LogP contribution in [0.4, 0.5) is 0 Å². The van der Waals surface area contributed by atoms with E-state index in [1.54, 1.807) is 18.2 Å². The topological polar surface area (TPSA) is 68.5 Å². The summed E-state index contributed by atoms with van der Waals surface area (Å²) in [5.74, 6) is -0.674. The minimum atomic E-state index is -3.48.